The molecule has 108 valence electrons. The largest absolute Gasteiger partial charge is 0.254 e. The fraction of sp³-hybridized carbons (Fsp3) is 0. The molecular formula is C18H9FN4. The van der Waals surface area contributed by atoms with Crippen LogP contribution in [0.3, 0.4) is 0 Å². The van der Waals surface area contributed by atoms with Crippen LogP contribution in [0.25, 0.3) is 22.5 Å². The van der Waals surface area contributed by atoms with Gasteiger partial charge in [0.25, 0.3) is 0 Å². The number of nitrogens with zero attached hydrogens (tertiary/aromatic N) is 4. The van der Waals surface area contributed by atoms with Gasteiger partial charge in [-0.3, -0.25) is 9.97 Å². The van der Waals surface area contributed by atoms with Crippen molar-refractivity contribution in [2.45, 2.75) is 0 Å². The van der Waals surface area contributed by atoms with Crippen molar-refractivity contribution in [1.29, 1.82) is 5.26 Å². The molecule has 1 aliphatic carbocycles. The molecule has 0 fully saturated rings. The standard InChI is InChI=1S/C18H9FN4/c19-15-6-5-11(10-23-15)14(9-20)16-12-3-1-7-21-17(12)18-13(16)4-2-8-22-18/h1-8,10H. The van der Waals surface area contributed by atoms with Gasteiger partial charge in [0, 0.05) is 40.9 Å². The molecule has 0 spiro atoms. The summed E-state index contributed by atoms with van der Waals surface area (Å²) in [5.41, 5.74) is 4.95. The summed E-state index contributed by atoms with van der Waals surface area (Å²) in [6.45, 7) is 0. The van der Waals surface area contributed by atoms with Crippen molar-refractivity contribution in [2.75, 3.05) is 0 Å². The number of hydrogen-bond donors (Lipinski definition) is 0. The van der Waals surface area contributed by atoms with Gasteiger partial charge in [0.05, 0.1) is 17.0 Å². The summed E-state index contributed by atoms with van der Waals surface area (Å²) < 4.78 is 13.1. The van der Waals surface area contributed by atoms with E-state index in [1.807, 2.05) is 24.3 Å². The molecule has 0 aliphatic heterocycles. The Labute approximate surface area is 131 Å². The second kappa shape index (κ2) is 5.11. The van der Waals surface area contributed by atoms with Crippen LogP contribution in [-0.4, -0.2) is 15.0 Å². The minimum Gasteiger partial charge on any atom is -0.254 e. The van der Waals surface area contributed by atoms with Gasteiger partial charge in [0.1, 0.15) is 6.07 Å². The van der Waals surface area contributed by atoms with E-state index in [0.717, 1.165) is 28.1 Å². The number of aromatic nitrogens is 3. The number of rotatable bonds is 1. The minimum atomic E-state index is -0.577. The first-order valence-corrected chi connectivity index (χ1v) is 6.97. The molecule has 0 aromatic carbocycles. The highest BCUT2D eigenvalue weighted by Crippen LogP contribution is 2.44. The smallest absolute Gasteiger partial charge is 0.212 e. The monoisotopic (exact) mass is 300 g/mol. The average Bonchev–Trinajstić information content (AvgIpc) is 2.93. The van der Waals surface area contributed by atoms with Crippen LogP contribution in [0.4, 0.5) is 4.39 Å². The Bertz CT molecular complexity index is 937. The lowest BCUT2D eigenvalue weighted by molar-refractivity contribution is 0.583. The summed E-state index contributed by atoms with van der Waals surface area (Å²) in [5.74, 6) is -0.577. The Kier molecular flexibility index (Phi) is 2.95. The summed E-state index contributed by atoms with van der Waals surface area (Å²) in [5, 5.41) is 9.69. The third-order valence-corrected chi connectivity index (χ3v) is 3.76. The van der Waals surface area contributed by atoms with Gasteiger partial charge in [-0.1, -0.05) is 12.1 Å². The Hall–Kier alpha value is -3.39. The Morgan fingerprint density at radius 1 is 0.913 bits per heavy atom. The minimum absolute atomic E-state index is 0.429. The molecule has 0 bridgehead atoms. The van der Waals surface area contributed by atoms with Crippen molar-refractivity contribution < 1.29 is 4.39 Å². The molecule has 0 atom stereocenters. The van der Waals surface area contributed by atoms with Gasteiger partial charge in [-0.15, -0.1) is 0 Å². The normalized spacial score (nSPS) is 11.6. The maximum Gasteiger partial charge on any atom is 0.212 e. The molecule has 0 saturated heterocycles. The van der Waals surface area contributed by atoms with Crippen molar-refractivity contribution in [3.05, 3.63) is 77.6 Å². The molecule has 3 aromatic rings. The SMILES string of the molecule is N#CC(=C1c2cccnc2-c2ncccc21)c1ccc(F)nc1. The number of pyridine rings is 3. The molecule has 3 aromatic heterocycles. The quantitative estimate of drug-likeness (QED) is 0.399. The number of hydrogen-bond acceptors (Lipinski definition) is 4. The van der Waals surface area contributed by atoms with Crippen LogP contribution in [0.2, 0.25) is 0 Å². The van der Waals surface area contributed by atoms with Gasteiger partial charge in [0.15, 0.2) is 0 Å². The lowest BCUT2D eigenvalue weighted by atomic mass is 9.95. The predicted molar refractivity (Wildman–Crippen MR) is 83.2 cm³/mol. The first-order valence-electron chi connectivity index (χ1n) is 6.97. The van der Waals surface area contributed by atoms with Crippen molar-refractivity contribution in [3.8, 4) is 17.5 Å². The van der Waals surface area contributed by atoms with Gasteiger partial charge in [-0.25, -0.2) is 4.98 Å². The number of halogens is 1. The number of nitriles is 1. The van der Waals surface area contributed by atoms with Crippen molar-refractivity contribution in [1.82, 2.24) is 15.0 Å². The van der Waals surface area contributed by atoms with Gasteiger partial charge in [0.2, 0.25) is 5.95 Å². The van der Waals surface area contributed by atoms with Crippen molar-refractivity contribution in [2.24, 2.45) is 0 Å². The Balaban J connectivity index is 2.07. The third-order valence-electron chi connectivity index (χ3n) is 3.76. The zero-order chi connectivity index (χ0) is 15.8. The lowest BCUT2D eigenvalue weighted by Gasteiger charge is -2.06. The molecule has 4 nitrogen and oxygen atoms in total. The van der Waals surface area contributed by atoms with E-state index in [4.69, 9.17) is 0 Å². The van der Waals surface area contributed by atoms with Crippen molar-refractivity contribution >= 4 is 11.1 Å². The van der Waals surface area contributed by atoms with Crippen LogP contribution < -0.4 is 0 Å². The summed E-state index contributed by atoms with van der Waals surface area (Å²) in [7, 11) is 0. The summed E-state index contributed by atoms with van der Waals surface area (Å²) >= 11 is 0. The fourth-order valence-corrected chi connectivity index (χ4v) is 2.79. The maximum absolute atomic E-state index is 13.1. The van der Waals surface area contributed by atoms with E-state index >= 15 is 0 Å². The molecule has 5 heteroatoms. The lowest BCUT2D eigenvalue weighted by Crippen LogP contribution is -1.92. The van der Waals surface area contributed by atoms with Crippen LogP contribution in [0, 0.1) is 17.3 Å². The number of allylic oxidation sites excluding steroid dienone is 1. The van der Waals surface area contributed by atoms with E-state index in [2.05, 4.69) is 21.0 Å². The summed E-state index contributed by atoms with van der Waals surface area (Å²) in [4.78, 5) is 12.4. The van der Waals surface area contributed by atoms with E-state index in [1.54, 1.807) is 18.5 Å². The van der Waals surface area contributed by atoms with Crippen LogP contribution in [0.15, 0.2) is 55.0 Å². The maximum atomic E-state index is 13.1. The molecule has 0 N–H and O–H groups in total. The molecule has 1 aliphatic rings. The van der Waals surface area contributed by atoms with Gasteiger partial charge >= 0.3 is 0 Å². The molecule has 23 heavy (non-hydrogen) atoms. The molecule has 0 radical (unpaired) electrons. The average molecular weight is 300 g/mol. The molecular weight excluding hydrogens is 291 g/mol. The molecule has 0 saturated carbocycles. The predicted octanol–water partition coefficient (Wildman–Crippen LogP) is 3.47. The first kappa shape index (κ1) is 13.3. The molecule has 0 amide bonds. The Morgan fingerprint density at radius 2 is 1.57 bits per heavy atom. The zero-order valence-corrected chi connectivity index (χ0v) is 11.9. The van der Waals surface area contributed by atoms with E-state index in [-0.39, 0.29) is 0 Å². The second-order valence-corrected chi connectivity index (χ2v) is 5.03. The van der Waals surface area contributed by atoms with Gasteiger partial charge in [-0.2, -0.15) is 9.65 Å². The van der Waals surface area contributed by atoms with E-state index in [0.29, 0.717) is 11.1 Å². The number of fused-ring (bicyclic) bond motifs is 3. The van der Waals surface area contributed by atoms with Crippen LogP contribution in [0.5, 0.6) is 0 Å². The Morgan fingerprint density at radius 3 is 2.09 bits per heavy atom. The van der Waals surface area contributed by atoms with Crippen LogP contribution in [-0.2, 0) is 0 Å². The van der Waals surface area contributed by atoms with E-state index < -0.39 is 5.95 Å². The second-order valence-electron chi connectivity index (χ2n) is 5.03. The highest BCUT2D eigenvalue weighted by Gasteiger charge is 2.28. The molecule has 0 unspecified atom stereocenters. The zero-order valence-electron chi connectivity index (χ0n) is 11.9. The van der Waals surface area contributed by atoms with Gasteiger partial charge in [-0.05, 0) is 24.3 Å². The fourth-order valence-electron chi connectivity index (χ4n) is 2.79. The molecule has 3 heterocycles. The van der Waals surface area contributed by atoms with Crippen molar-refractivity contribution in [3.63, 3.8) is 0 Å². The van der Waals surface area contributed by atoms with Crippen LogP contribution >= 0.6 is 0 Å². The summed E-state index contributed by atoms with van der Waals surface area (Å²) in [6.07, 6.45) is 4.77. The van der Waals surface area contributed by atoms with Crippen LogP contribution in [0.1, 0.15) is 16.7 Å². The third kappa shape index (κ3) is 2.00. The highest BCUT2D eigenvalue weighted by molar-refractivity contribution is 6.11. The van der Waals surface area contributed by atoms with E-state index in [1.165, 1.54) is 12.3 Å². The molecule has 4 rings (SSSR count). The first-order chi connectivity index (χ1) is 11.3. The topological polar surface area (TPSA) is 62.5 Å². The van der Waals surface area contributed by atoms with Gasteiger partial charge < -0.3 is 0 Å². The van der Waals surface area contributed by atoms with E-state index in [9.17, 15) is 9.65 Å². The highest BCUT2D eigenvalue weighted by atomic mass is 19.1. The summed E-state index contributed by atoms with van der Waals surface area (Å²) in [6, 6.07) is 12.5.